The topological polar surface area (TPSA) is 12.0 Å². The Morgan fingerprint density at radius 3 is 2.38 bits per heavy atom. The minimum absolute atomic E-state index is 0.842. The molecular weight excluding hydrogens is 158 g/mol. The maximum absolute atomic E-state index is 3.77. The van der Waals surface area contributed by atoms with Crippen molar-refractivity contribution in [1.82, 2.24) is 5.32 Å². The number of hydrogen-bond acceptors (Lipinski definition) is 1. The lowest BCUT2D eigenvalue weighted by molar-refractivity contribution is 0.234. The highest BCUT2D eigenvalue weighted by atomic mass is 14.9. The molecular formula is C12H23N. The van der Waals surface area contributed by atoms with Gasteiger partial charge in [0.25, 0.3) is 0 Å². The van der Waals surface area contributed by atoms with Gasteiger partial charge in [-0.3, -0.25) is 0 Å². The average Bonchev–Trinajstić information content (AvgIpc) is 2.05. The molecule has 2 rings (SSSR count). The summed E-state index contributed by atoms with van der Waals surface area (Å²) in [5.41, 5.74) is 0. The number of rotatable bonds is 3. The fraction of sp³-hybridized carbons (Fsp3) is 1.00. The van der Waals surface area contributed by atoms with Crippen LogP contribution < -0.4 is 5.32 Å². The van der Waals surface area contributed by atoms with Gasteiger partial charge >= 0.3 is 0 Å². The Bertz CT molecular complexity index is 151. The highest BCUT2D eigenvalue weighted by molar-refractivity contribution is 4.80. The Kier molecular flexibility index (Phi) is 3.26. The lowest BCUT2D eigenvalue weighted by atomic mass is 9.83. The minimum atomic E-state index is 0.842. The first-order chi connectivity index (χ1) is 6.36. The maximum atomic E-state index is 3.77. The Morgan fingerprint density at radius 2 is 1.77 bits per heavy atom. The van der Waals surface area contributed by atoms with Gasteiger partial charge in [0.05, 0.1) is 0 Å². The molecule has 0 aromatic heterocycles. The predicted molar refractivity (Wildman–Crippen MR) is 56.8 cm³/mol. The molecule has 0 aromatic rings. The largest absolute Gasteiger partial charge is 0.313 e. The van der Waals surface area contributed by atoms with Crippen LogP contribution in [0.15, 0.2) is 0 Å². The van der Waals surface area contributed by atoms with Crippen molar-refractivity contribution in [1.29, 1.82) is 0 Å². The van der Waals surface area contributed by atoms with Crippen LogP contribution in [0.3, 0.4) is 0 Å². The second kappa shape index (κ2) is 4.45. The molecule has 1 nitrogen and oxygen atoms in total. The van der Waals surface area contributed by atoms with Gasteiger partial charge in [0.1, 0.15) is 0 Å². The summed E-state index contributed by atoms with van der Waals surface area (Å²) in [6, 6.07) is 0.842. The zero-order valence-corrected chi connectivity index (χ0v) is 8.89. The first-order valence-electron chi connectivity index (χ1n) is 6.09. The SMILES string of the molecule is CC1CCCCC1NCC1CCC1. The third-order valence-electron chi connectivity index (χ3n) is 4.00. The van der Waals surface area contributed by atoms with E-state index in [2.05, 4.69) is 12.2 Å². The average molecular weight is 181 g/mol. The third kappa shape index (κ3) is 2.46. The summed E-state index contributed by atoms with van der Waals surface area (Å²) in [5, 5.41) is 3.77. The van der Waals surface area contributed by atoms with Crippen LogP contribution in [-0.4, -0.2) is 12.6 Å². The van der Waals surface area contributed by atoms with E-state index >= 15 is 0 Å². The first kappa shape index (κ1) is 9.51. The Hall–Kier alpha value is -0.0400. The van der Waals surface area contributed by atoms with Crippen molar-refractivity contribution < 1.29 is 0 Å². The summed E-state index contributed by atoms with van der Waals surface area (Å²) in [4.78, 5) is 0. The molecule has 2 saturated carbocycles. The summed E-state index contributed by atoms with van der Waals surface area (Å²) in [6.45, 7) is 3.71. The minimum Gasteiger partial charge on any atom is -0.313 e. The normalized spacial score (nSPS) is 35.8. The van der Waals surface area contributed by atoms with Crippen LogP contribution >= 0.6 is 0 Å². The Labute approximate surface area is 82.3 Å². The zero-order valence-electron chi connectivity index (χ0n) is 8.89. The van der Waals surface area contributed by atoms with E-state index in [1.54, 1.807) is 0 Å². The molecule has 2 fully saturated rings. The molecule has 1 heteroatoms. The van der Waals surface area contributed by atoms with Crippen LogP contribution in [0, 0.1) is 11.8 Å². The molecule has 0 heterocycles. The van der Waals surface area contributed by atoms with Gasteiger partial charge in [0.15, 0.2) is 0 Å². The molecule has 76 valence electrons. The van der Waals surface area contributed by atoms with Gasteiger partial charge in [-0.05, 0) is 44.1 Å². The van der Waals surface area contributed by atoms with Gasteiger partial charge < -0.3 is 5.32 Å². The highest BCUT2D eigenvalue weighted by Crippen LogP contribution is 2.27. The standard InChI is InChI=1S/C12H23N/c1-10-5-2-3-8-12(10)13-9-11-6-4-7-11/h10-13H,2-9H2,1H3. The summed E-state index contributed by atoms with van der Waals surface area (Å²) in [7, 11) is 0. The van der Waals surface area contributed by atoms with Gasteiger partial charge in [-0.25, -0.2) is 0 Å². The lowest BCUT2D eigenvalue weighted by Crippen LogP contribution is -2.40. The van der Waals surface area contributed by atoms with Crippen molar-refractivity contribution >= 4 is 0 Å². The molecule has 0 spiro atoms. The van der Waals surface area contributed by atoms with Crippen LogP contribution in [0.2, 0.25) is 0 Å². The molecule has 2 unspecified atom stereocenters. The summed E-state index contributed by atoms with van der Waals surface area (Å²) >= 11 is 0. The van der Waals surface area contributed by atoms with E-state index < -0.39 is 0 Å². The number of nitrogens with one attached hydrogen (secondary N) is 1. The molecule has 0 amide bonds. The van der Waals surface area contributed by atoms with Gasteiger partial charge in [-0.2, -0.15) is 0 Å². The van der Waals surface area contributed by atoms with E-state index in [-0.39, 0.29) is 0 Å². The smallest absolute Gasteiger partial charge is 0.00928 e. The predicted octanol–water partition coefficient (Wildman–Crippen LogP) is 2.95. The number of hydrogen-bond donors (Lipinski definition) is 1. The second-order valence-corrected chi connectivity index (χ2v) is 5.07. The quantitative estimate of drug-likeness (QED) is 0.706. The molecule has 0 aliphatic heterocycles. The molecule has 0 aromatic carbocycles. The van der Waals surface area contributed by atoms with Crippen LogP contribution in [0.4, 0.5) is 0 Å². The first-order valence-corrected chi connectivity index (χ1v) is 6.09. The molecule has 13 heavy (non-hydrogen) atoms. The van der Waals surface area contributed by atoms with Crippen LogP contribution in [0.25, 0.3) is 0 Å². The van der Waals surface area contributed by atoms with E-state index in [9.17, 15) is 0 Å². The van der Waals surface area contributed by atoms with Gasteiger partial charge in [0, 0.05) is 6.04 Å². The van der Waals surface area contributed by atoms with E-state index in [0.29, 0.717) is 0 Å². The van der Waals surface area contributed by atoms with Crippen molar-refractivity contribution in [3.8, 4) is 0 Å². The van der Waals surface area contributed by atoms with Crippen molar-refractivity contribution in [2.24, 2.45) is 11.8 Å². The lowest BCUT2D eigenvalue weighted by Gasteiger charge is -2.33. The molecule has 0 bridgehead atoms. The summed E-state index contributed by atoms with van der Waals surface area (Å²) in [6.07, 6.45) is 10.2. The van der Waals surface area contributed by atoms with Crippen molar-refractivity contribution in [2.45, 2.75) is 57.9 Å². The molecule has 0 saturated heterocycles. The van der Waals surface area contributed by atoms with E-state index in [1.807, 2.05) is 0 Å². The van der Waals surface area contributed by atoms with E-state index in [0.717, 1.165) is 17.9 Å². The van der Waals surface area contributed by atoms with Gasteiger partial charge in [0.2, 0.25) is 0 Å². The molecule has 1 N–H and O–H groups in total. The monoisotopic (exact) mass is 181 g/mol. The fourth-order valence-corrected chi connectivity index (χ4v) is 2.63. The van der Waals surface area contributed by atoms with E-state index in [1.165, 1.54) is 51.5 Å². The van der Waals surface area contributed by atoms with Crippen LogP contribution in [-0.2, 0) is 0 Å². The molecule has 2 atom stereocenters. The fourth-order valence-electron chi connectivity index (χ4n) is 2.63. The molecule has 2 aliphatic carbocycles. The van der Waals surface area contributed by atoms with E-state index in [4.69, 9.17) is 0 Å². The highest BCUT2D eigenvalue weighted by Gasteiger charge is 2.23. The zero-order chi connectivity index (χ0) is 9.10. The molecule has 2 aliphatic rings. The van der Waals surface area contributed by atoms with Crippen molar-refractivity contribution in [3.05, 3.63) is 0 Å². The van der Waals surface area contributed by atoms with Crippen molar-refractivity contribution in [2.75, 3.05) is 6.54 Å². The van der Waals surface area contributed by atoms with Gasteiger partial charge in [-0.1, -0.05) is 26.2 Å². The molecule has 0 radical (unpaired) electrons. The summed E-state index contributed by atoms with van der Waals surface area (Å²) in [5.74, 6) is 1.95. The van der Waals surface area contributed by atoms with Gasteiger partial charge in [-0.15, -0.1) is 0 Å². The Morgan fingerprint density at radius 1 is 1.00 bits per heavy atom. The summed E-state index contributed by atoms with van der Waals surface area (Å²) < 4.78 is 0. The maximum Gasteiger partial charge on any atom is 0.00928 e. The van der Waals surface area contributed by atoms with Crippen LogP contribution in [0.1, 0.15) is 51.9 Å². The van der Waals surface area contributed by atoms with Crippen molar-refractivity contribution in [3.63, 3.8) is 0 Å². The Balaban J connectivity index is 1.66. The third-order valence-corrected chi connectivity index (χ3v) is 4.00. The second-order valence-electron chi connectivity index (χ2n) is 5.07. The van der Waals surface area contributed by atoms with Crippen LogP contribution in [0.5, 0.6) is 0 Å².